The average Bonchev–Trinajstić information content (AvgIpc) is 3.07. The first-order valence-electron chi connectivity index (χ1n) is 7.55. The Bertz CT molecular complexity index is 837. The summed E-state index contributed by atoms with van der Waals surface area (Å²) < 4.78 is 56.3. The summed E-state index contributed by atoms with van der Waals surface area (Å²) in [5.41, 5.74) is 3.26. The molecule has 10 nitrogen and oxygen atoms in total. The molecule has 0 bridgehead atoms. The third-order valence-corrected chi connectivity index (χ3v) is 4.22. The smallest absolute Gasteiger partial charge is 0.327 e. The van der Waals surface area contributed by atoms with Crippen molar-refractivity contribution in [1.29, 1.82) is 0 Å². The molecule has 2 aromatic heterocycles. The number of aliphatic hydroxyl groups excluding tert-OH is 1. The van der Waals surface area contributed by atoms with Crippen LogP contribution in [0.4, 0.5) is 14.7 Å². The number of anilines is 1. The Hall–Kier alpha value is -2.01. The third kappa shape index (κ3) is 2.88. The second-order valence-corrected chi connectivity index (χ2v) is 6.21. The van der Waals surface area contributed by atoms with E-state index >= 15 is 4.39 Å². The van der Waals surface area contributed by atoms with Gasteiger partial charge in [-0.05, 0) is 13.8 Å². The van der Waals surface area contributed by atoms with Gasteiger partial charge in [-0.1, -0.05) is 0 Å². The van der Waals surface area contributed by atoms with Crippen LogP contribution < -0.4 is 10.5 Å². The predicted octanol–water partition coefficient (Wildman–Crippen LogP) is 1.31. The lowest BCUT2D eigenvalue weighted by Gasteiger charge is -2.24. The van der Waals surface area contributed by atoms with Crippen LogP contribution in [0.3, 0.4) is 0 Å². The lowest BCUT2D eigenvalue weighted by atomic mass is 9.97. The SMILES string of the molecule is CCOc1nc(N)nc2c1ncn2[C@@H]1O[C@](F)(COP=O)C(O)[C@@]1(C)F. The zero-order valence-corrected chi connectivity index (χ0v) is 14.7. The van der Waals surface area contributed by atoms with Gasteiger partial charge in [-0.15, -0.1) is 0 Å². The Morgan fingerprint density at radius 3 is 2.88 bits per heavy atom. The van der Waals surface area contributed by atoms with Gasteiger partial charge >= 0.3 is 8.69 Å². The number of alkyl halides is 2. The molecule has 1 aliphatic heterocycles. The van der Waals surface area contributed by atoms with Gasteiger partial charge < -0.3 is 20.3 Å². The summed E-state index contributed by atoms with van der Waals surface area (Å²) in [6.45, 7) is 2.02. The number of ether oxygens (including phenoxy) is 2. The minimum absolute atomic E-state index is 0.0362. The monoisotopic (exact) mass is 391 g/mol. The molecule has 2 aromatic rings. The van der Waals surface area contributed by atoms with Gasteiger partial charge in [-0.25, -0.2) is 18.3 Å². The molecule has 3 N–H and O–H groups in total. The number of nitrogens with two attached hydrogens (primary N) is 1. The number of rotatable bonds is 6. The summed E-state index contributed by atoms with van der Waals surface area (Å²) in [6.07, 6.45) is -2.72. The Morgan fingerprint density at radius 2 is 2.23 bits per heavy atom. The summed E-state index contributed by atoms with van der Waals surface area (Å²) in [4.78, 5) is 11.9. The zero-order chi connectivity index (χ0) is 19.1. The van der Waals surface area contributed by atoms with Crippen molar-refractivity contribution in [3.05, 3.63) is 6.33 Å². The van der Waals surface area contributed by atoms with Gasteiger partial charge in [0.25, 0.3) is 5.85 Å². The molecule has 3 rings (SSSR count). The maximum atomic E-state index is 15.1. The van der Waals surface area contributed by atoms with Crippen molar-refractivity contribution in [2.45, 2.75) is 37.7 Å². The summed E-state index contributed by atoms with van der Waals surface area (Å²) in [6, 6.07) is 0. The molecular formula is C13H16F2N5O5P. The number of aromatic nitrogens is 4. The fourth-order valence-electron chi connectivity index (χ4n) is 2.79. The molecule has 0 radical (unpaired) electrons. The summed E-state index contributed by atoms with van der Waals surface area (Å²) in [7, 11) is -0.835. The van der Waals surface area contributed by atoms with Gasteiger partial charge in [0.15, 0.2) is 29.2 Å². The highest BCUT2D eigenvalue weighted by molar-refractivity contribution is 7.17. The fourth-order valence-corrected chi connectivity index (χ4v) is 3.02. The quantitative estimate of drug-likeness (QED) is 0.699. The van der Waals surface area contributed by atoms with E-state index in [2.05, 4.69) is 19.5 Å². The summed E-state index contributed by atoms with van der Waals surface area (Å²) in [5.74, 6) is -3.02. The summed E-state index contributed by atoms with van der Waals surface area (Å²) in [5, 5.41) is 10.1. The van der Waals surface area contributed by atoms with Crippen LogP contribution in [0.25, 0.3) is 11.2 Å². The van der Waals surface area contributed by atoms with Crippen LogP contribution in [0.2, 0.25) is 0 Å². The van der Waals surface area contributed by atoms with E-state index < -0.39 is 39.1 Å². The number of imidazole rings is 1. The molecule has 0 aliphatic carbocycles. The van der Waals surface area contributed by atoms with Crippen molar-refractivity contribution < 1.29 is 32.4 Å². The molecule has 13 heteroatoms. The molecule has 142 valence electrons. The number of hydrogen-bond donors (Lipinski definition) is 2. The third-order valence-electron chi connectivity index (χ3n) is 3.99. The molecule has 4 atom stereocenters. The van der Waals surface area contributed by atoms with Gasteiger partial charge in [0, 0.05) is 0 Å². The van der Waals surface area contributed by atoms with Gasteiger partial charge in [0.2, 0.25) is 11.8 Å². The maximum Gasteiger partial charge on any atom is 0.327 e. The number of halogens is 2. The van der Waals surface area contributed by atoms with Gasteiger partial charge in [-0.2, -0.15) is 9.97 Å². The zero-order valence-electron chi connectivity index (χ0n) is 13.8. The first-order chi connectivity index (χ1) is 12.2. The van der Waals surface area contributed by atoms with E-state index in [4.69, 9.17) is 15.2 Å². The summed E-state index contributed by atoms with van der Waals surface area (Å²) >= 11 is 0. The Labute approximate surface area is 147 Å². The molecule has 1 unspecified atom stereocenters. The van der Waals surface area contributed by atoms with E-state index in [1.165, 1.54) is 0 Å². The molecule has 26 heavy (non-hydrogen) atoms. The highest BCUT2D eigenvalue weighted by Crippen LogP contribution is 2.48. The minimum Gasteiger partial charge on any atom is -0.476 e. The minimum atomic E-state index is -2.93. The lowest BCUT2D eigenvalue weighted by Crippen LogP contribution is -2.46. The average molecular weight is 391 g/mol. The van der Waals surface area contributed by atoms with Crippen molar-refractivity contribution in [2.75, 3.05) is 18.9 Å². The van der Waals surface area contributed by atoms with E-state index in [9.17, 15) is 14.1 Å². The molecule has 0 spiro atoms. The number of aliphatic hydroxyl groups is 1. The van der Waals surface area contributed by atoms with Gasteiger partial charge in [0.1, 0.15) is 6.61 Å². The van der Waals surface area contributed by atoms with Crippen molar-refractivity contribution in [2.24, 2.45) is 0 Å². The second kappa shape index (κ2) is 6.62. The van der Waals surface area contributed by atoms with Crippen LogP contribution in [0.1, 0.15) is 20.1 Å². The molecule has 0 amide bonds. The Morgan fingerprint density at radius 1 is 1.50 bits per heavy atom. The standard InChI is InChI=1S/C13H16F2N5O5P/c1-3-23-8-6-7(18-11(16)19-8)20(5-17-6)10-12(2,14)9(21)13(15,25-10)4-24-26-22/h5,9-10,21H,3-4H2,1-2H3,(H2,16,18,19)/t9?,10-,12-,13-/m1/s1. The molecule has 1 fully saturated rings. The maximum absolute atomic E-state index is 15.1. The highest BCUT2D eigenvalue weighted by Gasteiger charge is 2.64. The second-order valence-electron chi connectivity index (χ2n) is 5.80. The topological polar surface area (TPSA) is 135 Å². The number of hydrogen-bond acceptors (Lipinski definition) is 9. The van der Waals surface area contributed by atoms with Crippen molar-refractivity contribution >= 4 is 25.8 Å². The highest BCUT2D eigenvalue weighted by atomic mass is 31.1. The van der Waals surface area contributed by atoms with Crippen molar-refractivity contribution in [1.82, 2.24) is 19.5 Å². The largest absolute Gasteiger partial charge is 0.476 e. The van der Waals surface area contributed by atoms with Gasteiger partial charge in [-0.3, -0.25) is 9.09 Å². The van der Waals surface area contributed by atoms with E-state index in [1.54, 1.807) is 6.92 Å². The normalized spacial score (nSPS) is 31.7. The van der Waals surface area contributed by atoms with Crippen molar-refractivity contribution in [3.8, 4) is 5.88 Å². The molecule has 3 heterocycles. The predicted molar refractivity (Wildman–Crippen MR) is 83.9 cm³/mol. The van der Waals surface area contributed by atoms with Crippen LogP contribution in [0.5, 0.6) is 5.88 Å². The van der Waals surface area contributed by atoms with Crippen LogP contribution in [0, 0.1) is 0 Å². The molecule has 0 saturated carbocycles. The van der Waals surface area contributed by atoms with Gasteiger partial charge in [0.05, 0.1) is 12.9 Å². The first kappa shape index (κ1) is 18.8. The van der Waals surface area contributed by atoms with E-state index in [1.807, 2.05) is 0 Å². The van der Waals surface area contributed by atoms with E-state index in [-0.39, 0.29) is 29.6 Å². The lowest BCUT2D eigenvalue weighted by molar-refractivity contribution is -0.200. The number of nitrogen functional groups attached to an aromatic ring is 1. The molecule has 1 aliphatic rings. The number of fused-ring (bicyclic) bond motifs is 1. The van der Waals surface area contributed by atoms with Crippen LogP contribution in [-0.4, -0.2) is 55.5 Å². The Balaban J connectivity index is 2.07. The fraction of sp³-hybridized carbons (Fsp3) is 0.615. The van der Waals surface area contributed by atoms with Crippen LogP contribution in [0.15, 0.2) is 6.33 Å². The number of nitrogens with zero attached hydrogens (tertiary/aromatic N) is 4. The van der Waals surface area contributed by atoms with Crippen LogP contribution in [-0.2, 0) is 13.8 Å². The molecule has 1 saturated heterocycles. The van der Waals surface area contributed by atoms with Crippen molar-refractivity contribution in [3.63, 3.8) is 0 Å². The first-order valence-corrected chi connectivity index (χ1v) is 8.28. The van der Waals surface area contributed by atoms with Crippen LogP contribution >= 0.6 is 8.69 Å². The van der Waals surface area contributed by atoms with E-state index in [0.717, 1.165) is 17.8 Å². The Kier molecular flexibility index (Phi) is 4.78. The molecule has 0 aromatic carbocycles. The van der Waals surface area contributed by atoms with E-state index in [0.29, 0.717) is 0 Å². The molecular weight excluding hydrogens is 375 g/mol.